The number of pyridine rings is 1. The molecule has 1 aromatic rings. The number of carbonyl (C=O) groups excluding carboxylic acids is 1. The maximum Gasteiger partial charge on any atom is 0.219 e. The second kappa shape index (κ2) is 5.80. The quantitative estimate of drug-likeness (QED) is 0.832. The summed E-state index contributed by atoms with van der Waals surface area (Å²) in [5.74, 6) is 0.242. The topological polar surface area (TPSA) is 45.2 Å². The van der Waals surface area contributed by atoms with Crippen LogP contribution in [0.15, 0.2) is 18.2 Å². The lowest BCUT2D eigenvalue weighted by molar-refractivity contribution is -0.121. The molecule has 1 aliphatic rings. The predicted molar refractivity (Wildman–Crippen MR) is 67.9 cm³/mol. The molecule has 0 spiro atoms. The highest BCUT2D eigenvalue weighted by atomic mass is 19.1. The molecule has 1 fully saturated rings. The Balaban J connectivity index is 2.00. The Bertz CT molecular complexity index is 424. The van der Waals surface area contributed by atoms with Crippen LogP contribution in [0, 0.1) is 5.95 Å². The second-order valence-corrected chi connectivity index (χ2v) is 4.52. The number of halogens is 1. The molecule has 1 amide bonds. The molecule has 0 saturated carbocycles. The van der Waals surface area contributed by atoms with E-state index < -0.39 is 5.95 Å². The van der Waals surface area contributed by atoms with Crippen molar-refractivity contribution < 1.29 is 9.18 Å². The number of hydrogen-bond donors (Lipinski definition) is 1. The molecule has 0 aromatic carbocycles. The van der Waals surface area contributed by atoms with Crippen LogP contribution < -0.4 is 10.2 Å². The standard InChI is InChI=1S/C13H18FN3O/c1-2-13(18)15-10-5-4-8-17(9-10)12-7-3-6-11(14)16-12/h3,6-7,10H,2,4-5,8-9H2,1H3,(H,15,18)/t10-/m1/s1. The van der Waals surface area contributed by atoms with Crippen LogP contribution in [0.1, 0.15) is 26.2 Å². The van der Waals surface area contributed by atoms with Gasteiger partial charge in [0.05, 0.1) is 0 Å². The van der Waals surface area contributed by atoms with Gasteiger partial charge in [-0.3, -0.25) is 4.79 Å². The molecule has 98 valence electrons. The van der Waals surface area contributed by atoms with E-state index in [-0.39, 0.29) is 11.9 Å². The molecule has 18 heavy (non-hydrogen) atoms. The van der Waals surface area contributed by atoms with Gasteiger partial charge < -0.3 is 10.2 Å². The Hall–Kier alpha value is -1.65. The first-order valence-electron chi connectivity index (χ1n) is 6.36. The van der Waals surface area contributed by atoms with E-state index in [1.165, 1.54) is 6.07 Å². The molecule has 1 N–H and O–H groups in total. The van der Waals surface area contributed by atoms with Crippen LogP contribution in [-0.4, -0.2) is 30.0 Å². The number of rotatable bonds is 3. The van der Waals surface area contributed by atoms with Crippen molar-refractivity contribution in [3.63, 3.8) is 0 Å². The Morgan fingerprint density at radius 1 is 1.61 bits per heavy atom. The van der Waals surface area contributed by atoms with Crippen molar-refractivity contribution in [3.8, 4) is 0 Å². The van der Waals surface area contributed by atoms with Gasteiger partial charge in [0.1, 0.15) is 5.82 Å². The molecule has 4 nitrogen and oxygen atoms in total. The van der Waals surface area contributed by atoms with Crippen molar-refractivity contribution in [2.24, 2.45) is 0 Å². The number of hydrogen-bond acceptors (Lipinski definition) is 3. The highest BCUT2D eigenvalue weighted by Gasteiger charge is 2.21. The summed E-state index contributed by atoms with van der Waals surface area (Å²) in [7, 11) is 0. The third-order valence-corrected chi connectivity index (χ3v) is 3.13. The first-order chi connectivity index (χ1) is 8.69. The zero-order chi connectivity index (χ0) is 13.0. The van der Waals surface area contributed by atoms with Crippen molar-refractivity contribution in [3.05, 3.63) is 24.1 Å². The Morgan fingerprint density at radius 3 is 3.17 bits per heavy atom. The fourth-order valence-corrected chi connectivity index (χ4v) is 2.21. The van der Waals surface area contributed by atoms with Crippen molar-refractivity contribution in [2.75, 3.05) is 18.0 Å². The summed E-state index contributed by atoms with van der Waals surface area (Å²) in [6.45, 7) is 3.39. The molecule has 1 aliphatic heterocycles. The number of anilines is 1. The summed E-state index contributed by atoms with van der Waals surface area (Å²) in [6.07, 6.45) is 2.44. The van der Waals surface area contributed by atoms with E-state index in [0.29, 0.717) is 18.8 Å². The molecular weight excluding hydrogens is 233 g/mol. The third kappa shape index (κ3) is 3.18. The van der Waals surface area contributed by atoms with E-state index in [0.717, 1.165) is 19.4 Å². The van der Waals surface area contributed by atoms with E-state index >= 15 is 0 Å². The predicted octanol–water partition coefficient (Wildman–Crippen LogP) is 1.72. The molecule has 2 rings (SSSR count). The maximum absolute atomic E-state index is 13.1. The van der Waals surface area contributed by atoms with Crippen LogP contribution >= 0.6 is 0 Å². The lowest BCUT2D eigenvalue weighted by Gasteiger charge is -2.33. The van der Waals surface area contributed by atoms with E-state index in [2.05, 4.69) is 10.3 Å². The van der Waals surface area contributed by atoms with Gasteiger partial charge in [0.25, 0.3) is 0 Å². The lowest BCUT2D eigenvalue weighted by atomic mass is 10.1. The molecule has 1 saturated heterocycles. The van der Waals surface area contributed by atoms with Gasteiger partial charge in [-0.15, -0.1) is 0 Å². The third-order valence-electron chi connectivity index (χ3n) is 3.13. The largest absolute Gasteiger partial charge is 0.354 e. The van der Waals surface area contributed by atoms with Gasteiger partial charge in [0, 0.05) is 25.6 Å². The average Bonchev–Trinajstić information content (AvgIpc) is 2.39. The van der Waals surface area contributed by atoms with Gasteiger partial charge in [-0.1, -0.05) is 13.0 Å². The molecule has 2 heterocycles. The van der Waals surface area contributed by atoms with Crippen molar-refractivity contribution >= 4 is 11.7 Å². The summed E-state index contributed by atoms with van der Waals surface area (Å²) in [5, 5.41) is 2.98. The van der Waals surface area contributed by atoms with Gasteiger partial charge >= 0.3 is 0 Å². The molecule has 0 bridgehead atoms. The first kappa shape index (κ1) is 12.8. The number of piperidine rings is 1. The van der Waals surface area contributed by atoms with Gasteiger partial charge in [0.15, 0.2) is 0 Å². The first-order valence-corrected chi connectivity index (χ1v) is 6.36. The molecule has 0 unspecified atom stereocenters. The van der Waals surface area contributed by atoms with Gasteiger partial charge in [-0.05, 0) is 25.0 Å². The number of aromatic nitrogens is 1. The summed E-state index contributed by atoms with van der Waals surface area (Å²) < 4.78 is 13.1. The lowest BCUT2D eigenvalue weighted by Crippen LogP contribution is -2.47. The SMILES string of the molecule is CCC(=O)N[C@@H]1CCCN(c2cccc(F)n2)C1. The van der Waals surface area contributed by atoms with Gasteiger partial charge in [-0.25, -0.2) is 4.98 Å². The van der Waals surface area contributed by atoms with Crippen LogP contribution in [0.4, 0.5) is 10.2 Å². The summed E-state index contributed by atoms with van der Waals surface area (Å²) in [6, 6.07) is 4.93. The van der Waals surface area contributed by atoms with E-state index in [1.807, 2.05) is 11.8 Å². The average molecular weight is 251 g/mol. The van der Waals surface area contributed by atoms with E-state index in [1.54, 1.807) is 12.1 Å². The van der Waals surface area contributed by atoms with Crippen LogP contribution in [0.2, 0.25) is 0 Å². The van der Waals surface area contributed by atoms with Crippen molar-refractivity contribution in [1.29, 1.82) is 0 Å². The maximum atomic E-state index is 13.1. The fourth-order valence-electron chi connectivity index (χ4n) is 2.21. The van der Waals surface area contributed by atoms with Crippen LogP contribution in [-0.2, 0) is 4.79 Å². The Kier molecular flexibility index (Phi) is 4.12. The number of carbonyl (C=O) groups is 1. The number of amides is 1. The highest BCUT2D eigenvalue weighted by Crippen LogP contribution is 2.18. The fraction of sp³-hybridized carbons (Fsp3) is 0.538. The molecule has 1 atom stereocenters. The normalized spacial score (nSPS) is 19.7. The molecular formula is C13H18FN3O. The summed E-state index contributed by atoms with van der Waals surface area (Å²) in [5.41, 5.74) is 0. The van der Waals surface area contributed by atoms with Gasteiger partial charge in [0.2, 0.25) is 11.9 Å². The second-order valence-electron chi connectivity index (χ2n) is 4.52. The molecule has 5 heteroatoms. The summed E-state index contributed by atoms with van der Waals surface area (Å²) in [4.78, 5) is 17.3. The van der Waals surface area contributed by atoms with Crippen molar-refractivity contribution in [2.45, 2.75) is 32.2 Å². The minimum atomic E-state index is -0.466. The smallest absolute Gasteiger partial charge is 0.219 e. The summed E-state index contributed by atoms with van der Waals surface area (Å²) >= 11 is 0. The molecule has 1 aromatic heterocycles. The van der Waals surface area contributed by atoms with Crippen molar-refractivity contribution in [1.82, 2.24) is 10.3 Å². The Labute approximate surface area is 106 Å². The van der Waals surface area contributed by atoms with Crippen LogP contribution in [0.25, 0.3) is 0 Å². The van der Waals surface area contributed by atoms with Crippen LogP contribution in [0.3, 0.4) is 0 Å². The number of nitrogens with zero attached hydrogens (tertiary/aromatic N) is 2. The minimum absolute atomic E-state index is 0.0639. The minimum Gasteiger partial charge on any atom is -0.354 e. The van der Waals surface area contributed by atoms with Gasteiger partial charge in [-0.2, -0.15) is 4.39 Å². The zero-order valence-corrected chi connectivity index (χ0v) is 10.5. The van der Waals surface area contributed by atoms with Crippen LogP contribution in [0.5, 0.6) is 0 Å². The molecule has 0 aliphatic carbocycles. The van der Waals surface area contributed by atoms with E-state index in [9.17, 15) is 9.18 Å². The Morgan fingerprint density at radius 2 is 2.44 bits per heavy atom. The highest BCUT2D eigenvalue weighted by molar-refractivity contribution is 5.75. The van der Waals surface area contributed by atoms with E-state index in [4.69, 9.17) is 0 Å². The molecule has 0 radical (unpaired) electrons. The number of nitrogens with one attached hydrogen (secondary N) is 1. The monoisotopic (exact) mass is 251 g/mol. The zero-order valence-electron chi connectivity index (χ0n) is 10.5.